The monoisotopic (exact) mass is 334 g/mol. The maximum Gasteiger partial charge on any atom is 0.191 e. The van der Waals surface area contributed by atoms with Gasteiger partial charge in [-0.25, -0.2) is 0 Å². The van der Waals surface area contributed by atoms with Crippen LogP contribution in [0, 0.1) is 6.92 Å². The van der Waals surface area contributed by atoms with Crippen LogP contribution in [0.1, 0.15) is 29.4 Å². The standard InChI is InChI=1S/C16H26N6S/c1-5-15-21-19-11-22(15)9-8-18-16(17-4)20-12(2)10-14-7-6-13(3)23-14/h6-7,11-12H,5,8-10H2,1-4H3,(H2,17,18,20). The predicted molar refractivity (Wildman–Crippen MR) is 96.1 cm³/mol. The van der Waals surface area contributed by atoms with Crippen LogP contribution in [0.4, 0.5) is 0 Å². The van der Waals surface area contributed by atoms with Gasteiger partial charge in [0.15, 0.2) is 5.96 Å². The Morgan fingerprint density at radius 1 is 1.43 bits per heavy atom. The summed E-state index contributed by atoms with van der Waals surface area (Å²) in [7, 11) is 1.80. The largest absolute Gasteiger partial charge is 0.355 e. The van der Waals surface area contributed by atoms with Gasteiger partial charge in [0.25, 0.3) is 0 Å². The van der Waals surface area contributed by atoms with Gasteiger partial charge in [0.1, 0.15) is 12.2 Å². The van der Waals surface area contributed by atoms with Crippen LogP contribution < -0.4 is 10.6 Å². The Bertz CT molecular complexity index is 630. The number of aryl methyl sites for hydroxylation is 2. The van der Waals surface area contributed by atoms with Crippen molar-refractivity contribution in [3.63, 3.8) is 0 Å². The third-order valence-corrected chi connectivity index (χ3v) is 4.59. The van der Waals surface area contributed by atoms with E-state index in [0.717, 1.165) is 37.7 Å². The first-order chi connectivity index (χ1) is 11.1. The van der Waals surface area contributed by atoms with Crippen LogP contribution in [-0.2, 0) is 19.4 Å². The normalized spacial score (nSPS) is 13.1. The van der Waals surface area contributed by atoms with Crippen LogP contribution in [0.3, 0.4) is 0 Å². The third kappa shape index (κ3) is 5.35. The zero-order valence-corrected chi connectivity index (χ0v) is 15.2. The van der Waals surface area contributed by atoms with Crippen molar-refractivity contribution >= 4 is 17.3 Å². The van der Waals surface area contributed by atoms with Gasteiger partial charge in [-0.1, -0.05) is 6.92 Å². The molecule has 1 atom stereocenters. The Balaban J connectivity index is 1.76. The topological polar surface area (TPSA) is 67.1 Å². The Labute approximate surface area is 142 Å². The first-order valence-corrected chi connectivity index (χ1v) is 8.83. The molecule has 0 radical (unpaired) electrons. The molecule has 0 aliphatic rings. The number of thiophene rings is 1. The molecule has 0 spiro atoms. The van der Waals surface area contributed by atoms with E-state index in [1.54, 1.807) is 13.4 Å². The molecule has 6 nitrogen and oxygen atoms in total. The summed E-state index contributed by atoms with van der Waals surface area (Å²) in [5.74, 6) is 1.84. The molecule has 23 heavy (non-hydrogen) atoms. The lowest BCUT2D eigenvalue weighted by Gasteiger charge is -2.17. The molecule has 0 amide bonds. The molecule has 0 saturated heterocycles. The van der Waals surface area contributed by atoms with E-state index in [2.05, 4.69) is 63.3 Å². The van der Waals surface area contributed by atoms with E-state index in [1.807, 2.05) is 11.3 Å². The molecule has 0 saturated carbocycles. The van der Waals surface area contributed by atoms with Crippen molar-refractivity contribution in [1.29, 1.82) is 0 Å². The van der Waals surface area contributed by atoms with Crippen molar-refractivity contribution in [1.82, 2.24) is 25.4 Å². The van der Waals surface area contributed by atoms with Crippen molar-refractivity contribution in [3.8, 4) is 0 Å². The molecule has 0 aliphatic heterocycles. The minimum Gasteiger partial charge on any atom is -0.355 e. The minimum absolute atomic E-state index is 0.334. The van der Waals surface area contributed by atoms with Crippen molar-refractivity contribution in [2.24, 2.45) is 4.99 Å². The summed E-state index contributed by atoms with van der Waals surface area (Å²) in [6.45, 7) is 8.02. The third-order valence-electron chi connectivity index (χ3n) is 3.57. The van der Waals surface area contributed by atoms with Gasteiger partial charge in [-0.05, 0) is 26.0 Å². The van der Waals surface area contributed by atoms with Crippen LogP contribution in [0.25, 0.3) is 0 Å². The quantitative estimate of drug-likeness (QED) is 0.600. The molecule has 2 aromatic heterocycles. The van der Waals surface area contributed by atoms with E-state index >= 15 is 0 Å². The lowest BCUT2D eigenvalue weighted by atomic mass is 10.2. The Morgan fingerprint density at radius 3 is 2.91 bits per heavy atom. The van der Waals surface area contributed by atoms with Gasteiger partial charge < -0.3 is 15.2 Å². The lowest BCUT2D eigenvalue weighted by Crippen LogP contribution is -2.44. The minimum atomic E-state index is 0.334. The number of hydrogen-bond donors (Lipinski definition) is 2. The molecule has 0 fully saturated rings. The molecular formula is C16H26N6S. The molecule has 2 aromatic rings. The predicted octanol–water partition coefficient (Wildman–Crippen LogP) is 2.01. The second-order valence-corrected chi connectivity index (χ2v) is 6.93. The first-order valence-electron chi connectivity index (χ1n) is 8.01. The van der Waals surface area contributed by atoms with E-state index in [4.69, 9.17) is 0 Å². The molecule has 0 aromatic carbocycles. The van der Waals surface area contributed by atoms with E-state index in [-0.39, 0.29) is 0 Å². The SMILES string of the molecule is CCc1nncn1CCNC(=NC)NC(C)Cc1ccc(C)s1. The van der Waals surface area contributed by atoms with E-state index in [9.17, 15) is 0 Å². The average Bonchev–Trinajstić information content (AvgIpc) is 3.14. The van der Waals surface area contributed by atoms with Gasteiger partial charge in [0.05, 0.1) is 0 Å². The fourth-order valence-corrected chi connectivity index (χ4v) is 3.43. The summed E-state index contributed by atoms with van der Waals surface area (Å²) in [4.78, 5) is 7.05. The van der Waals surface area contributed by atoms with E-state index < -0.39 is 0 Å². The fraction of sp³-hybridized carbons (Fsp3) is 0.562. The van der Waals surface area contributed by atoms with Gasteiger partial charge in [-0.3, -0.25) is 4.99 Å². The summed E-state index contributed by atoms with van der Waals surface area (Å²) in [6, 6.07) is 4.71. The number of nitrogens with zero attached hydrogens (tertiary/aromatic N) is 4. The second-order valence-electron chi connectivity index (χ2n) is 5.55. The Morgan fingerprint density at radius 2 is 2.26 bits per heavy atom. The van der Waals surface area contributed by atoms with Crippen LogP contribution in [0.5, 0.6) is 0 Å². The van der Waals surface area contributed by atoms with Crippen LogP contribution in [0.2, 0.25) is 0 Å². The number of aromatic nitrogens is 3. The van der Waals surface area contributed by atoms with Gasteiger partial charge in [0.2, 0.25) is 0 Å². The Kier molecular flexibility index (Phi) is 6.58. The maximum atomic E-state index is 4.29. The van der Waals surface area contributed by atoms with Gasteiger partial charge in [-0.15, -0.1) is 21.5 Å². The van der Waals surface area contributed by atoms with Gasteiger partial charge in [0, 0.05) is 48.8 Å². The van der Waals surface area contributed by atoms with E-state index in [0.29, 0.717) is 6.04 Å². The number of nitrogens with one attached hydrogen (secondary N) is 2. The van der Waals surface area contributed by atoms with Gasteiger partial charge >= 0.3 is 0 Å². The first kappa shape index (κ1) is 17.5. The number of hydrogen-bond acceptors (Lipinski definition) is 4. The molecule has 0 bridgehead atoms. The van der Waals surface area contributed by atoms with E-state index in [1.165, 1.54) is 9.75 Å². The van der Waals surface area contributed by atoms with Gasteiger partial charge in [-0.2, -0.15) is 0 Å². The van der Waals surface area contributed by atoms with Crippen molar-refractivity contribution < 1.29 is 0 Å². The van der Waals surface area contributed by atoms with Crippen molar-refractivity contribution in [3.05, 3.63) is 34.0 Å². The molecule has 126 valence electrons. The molecule has 2 heterocycles. The highest BCUT2D eigenvalue weighted by molar-refractivity contribution is 7.11. The summed E-state index contributed by atoms with van der Waals surface area (Å²) in [6.07, 6.45) is 3.67. The maximum absolute atomic E-state index is 4.29. The van der Waals surface area contributed by atoms with Crippen LogP contribution in [0.15, 0.2) is 23.5 Å². The molecule has 0 aliphatic carbocycles. The lowest BCUT2D eigenvalue weighted by molar-refractivity contribution is 0.610. The average molecular weight is 334 g/mol. The summed E-state index contributed by atoms with van der Waals surface area (Å²) < 4.78 is 2.07. The molecule has 2 rings (SSSR count). The number of aliphatic imine (C=N–C) groups is 1. The summed E-state index contributed by atoms with van der Waals surface area (Å²) in [5, 5.41) is 14.8. The van der Waals surface area contributed by atoms with Crippen molar-refractivity contribution in [2.75, 3.05) is 13.6 Å². The summed E-state index contributed by atoms with van der Waals surface area (Å²) >= 11 is 1.85. The highest BCUT2D eigenvalue weighted by Crippen LogP contribution is 2.16. The van der Waals surface area contributed by atoms with Crippen molar-refractivity contribution in [2.45, 2.75) is 46.2 Å². The Hall–Kier alpha value is -1.89. The highest BCUT2D eigenvalue weighted by atomic mass is 32.1. The number of guanidine groups is 1. The van der Waals surface area contributed by atoms with Crippen LogP contribution in [-0.4, -0.2) is 40.4 Å². The fourth-order valence-electron chi connectivity index (χ4n) is 2.41. The highest BCUT2D eigenvalue weighted by Gasteiger charge is 2.08. The smallest absolute Gasteiger partial charge is 0.191 e. The molecule has 7 heteroatoms. The molecular weight excluding hydrogens is 308 g/mol. The molecule has 1 unspecified atom stereocenters. The second kappa shape index (κ2) is 8.67. The summed E-state index contributed by atoms with van der Waals surface area (Å²) in [5.41, 5.74) is 0. The zero-order chi connectivity index (χ0) is 16.7. The molecule has 2 N–H and O–H groups in total. The number of rotatable bonds is 7. The zero-order valence-electron chi connectivity index (χ0n) is 14.3. The van der Waals surface area contributed by atoms with Crippen LogP contribution >= 0.6 is 11.3 Å².